The van der Waals surface area contributed by atoms with Crippen molar-refractivity contribution in [2.75, 3.05) is 0 Å². The molecule has 0 radical (unpaired) electrons. The predicted molar refractivity (Wildman–Crippen MR) is 55.0 cm³/mol. The third-order valence-electron chi connectivity index (χ3n) is 2.51. The van der Waals surface area contributed by atoms with E-state index >= 15 is 0 Å². The summed E-state index contributed by atoms with van der Waals surface area (Å²) in [5, 5.41) is 7.43. The number of aromatic nitrogens is 2. The molecule has 1 fully saturated rings. The van der Waals surface area contributed by atoms with Gasteiger partial charge >= 0.3 is 0 Å². The summed E-state index contributed by atoms with van der Waals surface area (Å²) in [5.41, 5.74) is -0.423. The molecule has 6 heteroatoms. The molecule has 0 aliphatic heterocycles. The molecular weight excluding hydrogens is 246 g/mol. The third kappa shape index (κ3) is 1.42. The minimum atomic E-state index is -0.785. The molecule has 78 valence electrons. The zero-order valence-electron chi connectivity index (χ0n) is 7.72. The molecule has 1 aliphatic rings. The van der Waals surface area contributed by atoms with Gasteiger partial charge in [-0.1, -0.05) is 0 Å². The first-order chi connectivity index (χ1) is 6.37. The highest BCUT2D eigenvalue weighted by atomic mass is 35.5. The lowest BCUT2D eigenvalue weighted by Gasteiger charge is -2.04. The van der Waals surface area contributed by atoms with Crippen molar-refractivity contribution < 1.29 is 4.42 Å². The molecule has 14 heavy (non-hydrogen) atoms. The summed E-state index contributed by atoms with van der Waals surface area (Å²) in [6.07, 6.45) is 0.626. The Kier molecular flexibility index (Phi) is 2.26. The molecule has 1 aromatic heterocycles. The lowest BCUT2D eigenvalue weighted by molar-refractivity contribution is 0.415. The standard InChI is InChI=1S/C8H9Cl3N2O/c1-4(9)5-12-13-6(14-5)7(2)3-8(7,10)11/h4H,3H2,1-2H3. The Labute approximate surface area is 96.7 Å². The predicted octanol–water partition coefficient (Wildman–Crippen LogP) is 3.20. The molecule has 0 saturated heterocycles. The van der Waals surface area contributed by atoms with Crippen LogP contribution in [0.5, 0.6) is 0 Å². The van der Waals surface area contributed by atoms with E-state index in [1.807, 2.05) is 6.92 Å². The van der Waals surface area contributed by atoms with Gasteiger partial charge in [0.15, 0.2) is 0 Å². The number of rotatable bonds is 2. The van der Waals surface area contributed by atoms with Gasteiger partial charge < -0.3 is 4.42 Å². The van der Waals surface area contributed by atoms with Gasteiger partial charge in [-0.15, -0.1) is 45.0 Å². The maximum Gasteiger partial charge on any atom is 0.234 e. The molecule has 1 aliphatic carbocycles. The van der Waals surface area contributed by atoms with E-state index in [4.69, 9.17) is 39.2 Å². The van der Waals surface area contributed by atoms with E-state index in [1.54, 1.807) is 6.92 Å². The average molecular weight is 256 g/mol. The van der Waals surface area contributed by atoms with Crippen LogP contribution in [0.2, 0.25) is 0 Å². The van der Waals surface area contributed by atoms with Crippen LogP contribution < -0.4 is 0 Å². The highest BCUT2D eigenvalue weighted by Gasteiger charge is 2.67. The second-order valence-corrected chi connectivity index (χ2v) is 5.91. The molecule has 0 N–H and O–H groups in total. The van der Waals surface area contributed by atoms with Gasteiger partial charge in [-0.2, -0.15) is 0 Å². The lowest BCUT2D eigenvalue weighted by Crippen LogP contribution is -2.10. The largest absolute Gasteiger partial charge is 0.423 e. The van der Waals surface area contributed by atoms with Crippen LogP contribution in [0.25, 0.3) is 0 Å². The van der Waals surface area contributed by atoms with Crippen molar-refractivity contribution in [1.82, 2.24) is 10.2 Å². The number of alkyl halides is 3. The molecule has 2 atom stereocenters. The number of halogens is 3. The van der Waals surface area contributed by atoms with Gasteiger partial charge in [-0.05, 0) is 20.3 Å². The molecule has 1 heterocycles. The first-order valence-corrected chi connectivity index (χ1v) is 5.42. The molecule has 0 aromatic carbocycles. The van der Waals surface area contributed by atoms with E-state index in [0.717, 1.165) is 0 Å². The summed E-state index contributed by atoms with van der Waals surface area (Å²) in [5.74, 6) is 0.865. The Morgan fingerprint density at radius 3 is 2.36 bits per heavy atom. The maximum absolute atomic E-state index is 5.98. The monoisotopic (exact) mass is 254 g/mol. The van der Waals surface area contributed by atoms with Gasteiger partial charge in [0.25, 0.3) is 0 Å². The highest BCUT2D eigenvalue weighted by Crippen LogP contribution is 2.64. The van der Waals surface area contributed by atoms with Crippen LogP contribution in [0.1, 0.15) is 37.4 Å². The van der Waals surface area contributed by atoms with Crippen LogP contribution >= 0.6 is 34.8 Å². The average Bonchev–Trinajstić information content (AvgIpc) is 2.53. The second-order valence-electron chi connectivity index (χ2n) is 3.77. The summed E-state index contributed by atoms with van der Waals surface area (Å²) in [6, 6.07) is 0. The Bertz CT molecular complexity index is 363. The summed E-state index contributed by atoms with van der Waals surface area (Å²) >= 11 is 17.7. The Morgan fingerprint density at radius 2 is 2.00 bits per heavy atom. The van der Waals surface area contributed by atoms with Gasteiger partial charge in [-0.25, -0.2) is 0 Å². The second kappa shape index (κ2) is 3.00. The Hall–Kier alpha value is 0.01000. The summed E-state index contributed by atoms with van der Waals surface area (Å²) < 4.78 is 4.60. The van der Waals surface area contributed by atoms with Crippen LogP contribution in [0.4, 0.5) is 0 Å². The van der Waals surface area contributed by atoms with Crippen LogP contribution in [-0.2, 0) is 5.41 Å². The number of nitrogens with zero attached hydrogens (tertiary/aromatic N) is 2. The summed E-state index contributed by atoms with van der Waals surface area (Å²) in [4.78, 5) is 0. The van der Waals surface area contributed by atoms with Crippen molar-refractivity contribution >= 4 is 34.8 Å². The minimum absolute atomic E-state index is 0.293. The fraction of sp³-hybridized carbons (Fsp3) is 0.750. The molecule has 0 spiro atoms. The van der Waals surface area contributed by atoms with Crippen LogP contribution in [0.3, 0.4) is 0 Å². The first kappa shape index (κ1) is 10.5. The van der Waals surface area contributed by atoms with Gasteiger partial charge in [-0.3, -0.25) is 0 Å². The van der Waals surface area contributed by atoms with E-state index in [0.29, 0.717) is 18.2 Å². The highest BCUT2D eigenvalue weighted by molar-refractivity contribution is 6.52. The van der Waals surface area contributed by atoms with Crippen molar-refractivity contribution in [2.45, 2.75) is 35.4 Å². The van der Waals surface area contributed by atoms with Crippen molar-refractivity contribution in [3.05, 3.63) is 11.8 Å². The van der Waals surface area contributed by atoms with E-state index in [9.17, 15) is 0 Å². The molecule has 1 aromatic rings. The molecule has 1 saturated carbocycles. The zero-order chi connectivity index (χ0) is 10.6. The molecule has 2 unspecified atom stereocenters. The minimum Gasteiger partial charge on any atom is -0.423 e. The van der Waals surface area contributed by atoms with E-state index in [2.05, 4.69) is 10.2 Å². The van der Waals surface area contributed by atoms with Crippen molar-refractivity contribution in [3.63, 3.8) is 0 Å². The first-order valence-electron chi connectivity index (χ1n) is 4.22. The van der Waals surface area contributed by atoms with Gasteiger partial charge in [0.1, 0.15) is 9.71 Å². The maximum atomic E-state index is 5.98. The van der Waals surface area contributed by atoms with Crippen LogP contribution in [0, 0.1) is 0 Å². The quantitative estimate of drug-likeness (QED) is 0.762. The smallest absolute Gasteiger partial charge is 0.234 e. The molecule has 3 nitrogen and oxygen atoms in total. The lowest BCUT2D eigenvalue weighted by atomic mass is 10.1. The fourth-order valence-corrected chi connectivity index (χ4v) is 2.03. The van der Waals surface area contributed by atoms with Crippen molar-refractivity contribution in [1.29, 1.82) is 0 Å². The van der Waals surface area contributed by atoms with Gasteiger partial charge in [0, 0.05) is 0 Å². The molecule has 0 bridgehead atoms. The van der Waals surface area contributed by atoms with E-state index in [1.165, 1.54) is 0 Å². The van der Waals surface area contributed by atoms with E-state index < -0.39 is 9.75 Å². The van der Waals surface area contributed by atoms with Crippen LogP contribution in [-0.4, -0.2) is 14.5 Å². The normalized spacial score (nSPS) is 31.5. The topological polar surface area (TPSA) is 38.9 Å². The van der Waals surface area contributed by atoms with Crippen molar-refractivity contribution in [2.24, 2.45) is 0 Å². The third-order valence-corrected chi connectivity index (χ3v) is 3.80. The van der Waals surface area contributed by atoms with E-state index in [-0.39, 0.29) is 5.38 Å². The van der Waals surface area contributed by atoms with Crippen LogP contribution in [0.15, 0.2) is 4.42 Å². The zero-order valence-corrected chi connectivity index (χ0v) is 9.99. The SMILES string of the molecule is CC(Cl)c1nnc(C2(C)CC2(Cl)Cl)o1. The Balaban J connectivity index is 2.27. The van der Waals surface area contributed by atoms with Gasteiger partial charge in [0.2, 0.25) is 11.8 Å². The summed E-state index contributed by atoms with van der Waals surface area (Å²) in [6.45, 7) is 3.66. The van der Waals surface area contributed by atoms with Gasteiger partial charge in [0.05, 0.1) is 5.41 Å². The molecule has 2 rings (SSSR count). The van der Waals surface area contributed by atoms with Crippen molar-refractivity contribution in [3.8, 4) is 0 Å². The number of hydrogen-bond donors (Lipinski definition) is 0. The molecule has 0 amide bonds. The molecular formula is C8H9Cl3N2O. The Morgan fingerprint density at radius 1 is 1.43 bits per heavy atom. The summed E-state index contributed by atoms with van der Waals surface area (Å²) in [7, 11) is 0. The fourth-order valence-electron chi connectivity index (χ4n) is 1.25. The number of hydrogen-bond acceptors (Lipinski definition) is 3.